The van der Waals surface area contributed by atoms with Crippen molar-refractivity contribution in [2.75, 3.05) is 17.2 Å². The Morgan fingerprint density at radius 1 is 1.07 bits per heavy atom. The number of hydrogen-bond donors (Lipinski definition) is 1. The predicted molar refractivity (Wildman–Crippen MR) is 110 cm³/mol. The lowest BCUT2D eigenvalue weighted by molar-refractivity contribution is 0.0984. The molecule has 0 radical (unpaired) electrons. The summed E-state index contributed by atoms with van der Waals surface area (Å²) in [5.74, 6) is 0.0639. The quantitative estimate of drug-likeness (QED) is 0.708. The van der Waals surface area contributed by atoms with Gasteiger partial charge in [0.1, 0.15) is 0 Å². The molecule has 0 atom stereocenters. The summed E-state index contributed by atoms with van der Waals surface area (Å²) in [5.41, 5.74) is 13.1. The summed E-state index contributed by atoms with van der Waals surface area (Å²) in [6.45, 7) is 5.61. The molecule has 2 aromatic carbocycles. The Morgan fingerprint density at radius 3 is 2.63 bits per heavy atom. The number of aromatic nitrogens is 1. The minimum Gasteiger partial charge on any atom is -0.398 e. The molecule has 0 spiro atoms. The van der Waals surface area contributed by atoms with Crippen molar-refractivity contribution < 1.29 is 4.79 Å². The second-order valence-corrected chi connectivity index (χ2v) is 7.26. The fraction of sp³-hybridized carbons (Fsp3) is 0.261. The number of benzene rings is 2. The highest BCUT2D eigenvalue weighted by atomic mass is 16.2. The molecule has 1 amide bonds. The molecular formula is C23H25N3O. The molecule has 138 valence electrons. The third kappa shape index (κ3) is 3.12. The number of carbonyl (C=O) groups excluding carboxylic acids is 1. The lowest BCUT2D eigenvalue weighted by Crippen LogP contribution is -2.36. The molecule has 1 aromatic heterocycles. The van der Waals surface area contributed by atoms with Crippen molar-refractivity contribution in [2.24, 2.45) is 0 Å². The summed E-state index contributed by atoms with van der Waals surface area (Å²) >= 11 is 0. The number of nitrogen functional groups attached to an aromatic ring is 1. The number of rotatable bonds is 3. The minimum atomic E-state index is 0.0639. The molecule has 2 heterocycles. The molecule has 4 heteroatoms. The maximum absolute atomic E-state index is 13.4. The summed E-state index contributed by atoms with van der Waals surface area (Å²) in [6, 6.07) is 18.2. The molecule has 0 saturated heterocycles. The van der Waals surface area contributed by atoms with Gasteiger partial charge in [0.25, 0.3) is 5.91 Å². The Kier molecular flexibility index (Phi) is 4.48. The van der Waals surface area contributed by atoms with Gasteiger partial charge in [0.05, 0.1) is 5.56 Å². The minimum absolute atomic E-state index is 0.0639. The molecule has 27 heavy (non-hydrogen) atoms. The van der Waals surface area contributed by atoms with Crippen LogP contribution in [0.1, 0.15) is 39.3 Å². The number of anilines is 2. The lowest BCUT2D eigenvalue weighted by Gasteiger charge is -2.30. The molecular weight excluding hydrogens is 334 g/mol. The van der Waals surface area contributed by atoms with Crippen molar-refractivity contribution in [3.63, 3.8) is 0 Å². The molecule has 1 aliphatic rings. The van der Waals surface area contributed by atoms with Crippen molar-refractivity contribution in [3.8, 4) is 0 Å². The van der Waals surface area contributed by atoms with Crippen LogP contribution in [0.25, 0.3) is 0 Å². The topological polar surface area (TPSA) is 51.3 Å². The largest absolute Gasteiger partial charge is 0.398 e. The Hall–Kier alpha value is -3.01. The van der Waals surface area contributed by atoms with Crippen LogP contribution in [0.5, 0.6) is 0 Å². The molecule has 0 saturated carbocycles. The fourth-order valence-electron chi connectivity index (χ4n) is 4.03. The van der Waals surface area contributed by atoms with Crippen LogP contribution in [0.4, 0.5) is 11.4 Å². The Bertz CT molecular complexity index is 988. The van der Waals surface area contributed by atoms with Gasteiger partial charge in [0.15, 0.2) is 0 Å². The highest BCUT2D eigenvalue weighted by Crippen LogP contribution is 2.33. The van der Waals surface area contributed by atoms with Gasteiger partial charge in [-0.3, -0.25) is 4.79 Å². The van der Waals surface area contributed by atoms with E-state index in [-0.39, 0.29) is 5.91 Å². The number of nitrogens with zero attached hydrogens (tertiary/aromatic N) is 2. The molecule has 0 unspecified atom stereocenters. The first-order chi connectivity index (χ1) is 13.1. The van der Waals surface area contributed by atoms with Gasteiger partial charge in [0.2, 0.25) is 0 Å². The Morgan fingerprint density at radius 2 is 1.85 bits per heavy atom. The summed E-state index contributed by atoms with van der Waals surface area (Å²) in [6.07, 6.45) is 1.87. The van der Waals surface area contributed by atoms with Crippen molar-refractivity contribution in [3.05, 3.63) is 82.7 Å². The molecule has 0 bridgehead atoms. The molecule has 3 aromatic rings. The van der Waals surface area contributed by atoms with Crippen LogP contribution in [-0.4, -0.2) is 17.0 Å². The van der Waals surface area contributed by atoms with Crippen molar-refractivity contribution >= 4 is 17.3 Å². The first-order valence-electron chi connectivity index (χ1n) is 9.46. The highest BCUT2D eigenvalue weighted by molar-refractivity contribution is 6.08. The van der Waals surface area contributed by atoms with Gasteiger partial charge >= 0.3 is 0 Å². The third-order valence-electron chi connectivity index (χ3n) is 5.52. The van der Waals surface area contributed by atoms with Gasteiger partial charge in [-0.25, -0.2) is 0 Å². The lowest BCUT2D eigenvalue weighted by atomic mass is 9.99. The summed E-state index contributed by atoms with van der Waals surface area (Å²) in [7, 11) is 0. The second kappa shape index (κ2) is 6.95. The van der Waals surface area contributed by atoms with Gasteiger partial charge in [-0.05, 0) is 56.0 Å². The van der Waals surface area contributed by atoms with Crippen LogP contribution < -0.4 is 10.6 Å². The SMILES string of the molecule is Cc1cc(C(=O)N2CCCc3c(N)cccc32)c(C)n1Cc1ccccc1. The molecule has 0 aliphatic carbocycles. The van der Waals surface area contributed by atoms with E-state index >= 15 is 0 Å². The average molecular weight is 359 g/mol. The zero-order valence-corrected chi connectivity index (χ0v) is 15.9. The highest BCUT2D eigenvalue weighted by Gasteiger charge is 2.27. The van der Waals surface area contributed by atoms with E-state index in [1.807, 2.05) is 54.3 Å². The second-order valence-electron chi connectivity index (χ2n) is 7.26. The van der Waals surface area contributed by atoms with E-state index in [4.69, 9.17) is 5.73 Å². The van der Waals surface area contributed by atoms with Crippen LogP contribution >= 0.6 is 0 Å². The Labute approximate surface area is 160 Å². The van der Waals surface area contributed by atoms with E-state index in [1.54, 1.807) is 0 Å². The monoisotopic (exact) mass is 359 g/mol. The number of nitrogens with two attached hydrogens (primary N) is 1. The van der Waals surface area contributed by atoms with Gasteiger partial charge < -0.3 is 15.2 Å². The van der Waals surface area contributed by atoms with E-state index in [0.717, 1.165) is 59.8 Å². The average Bonchev–Trinajstić information content (AvgIpc) is 2.96. The van der Waals surface area contributed by atoms with E-state index in [9.17, 15) is 4.79 Å². The normalized spacial score (nSPS) is 13.5. The molecule has 2 N–H and O–H groups in total. The van der Waals surface area contributed by atoms with Crippen molar-refractivity contribution in [2.45, 2.75) is 33.2 Å². The maximum atomic E-state index is 13.4. The molecule has 0 fully saturated rings. The van der Waals surface area contributed by atoms with Crippen LogP contribution in [0.2, 0.25) is 0 Å². The smallest absolute Gasteiger partial charge is 0.260 e. The van der Waals surface area contributed by atoms with Crippen LogP contribution in [-0.2, 0) is 13.0 Å². The van der Waals surface area contributed by atoms with Gasteiger partial charge in [-0.15, -0.1) is 0 Å². The zero-order valence-electron chi connectivity index (χ0n) is 15.9. The third-order valence-corrected chi connectivity index (χ3v) is 5.52. The summed E-state index contributed by atoms with van der Waals surface area (Å²) in [5, 5.41) is 0. The van der Waals surface area contributed by atoms with E-state index in [1.165, 1.54) is 5.56 Å². The maximum Gasteiger partial charge on any atom is 0.260 e. The van der Waals surface area contributed by atoms with E-state index < -0.39 is 0 Å². The Balaban J connectivity index is 1.68. The number of amides is 1. The first-order valence-corrected chi connectivity index (χ1v) is 9.46. The van der Waals surface area contributed by atoms with Gasteiger partial charge in [-0.1, -0.05) is 36.4 Å². The zero-order chi connectivity index (χ0) is 19.0. The van der Waals surface area contributed by atoms with Gasteiger partial charge in [0, 0.05) is 35.9 Å². The van der Waals surface area contributed by atoms with Gasteiger partial charge in [-0.2, -0.15) is 0 Å². The first kappa shape index (κ1) is 17.4. The fourth-order valence-corrected chi connectivity index (χ4v) is 4.03. The molecule has 1 aliphatic heterocycles. The van der Waals surface area contributed by atoms with Crippen LogP contribution in [0, 0.1) is 13.8 Å². The number of fused-ring (bicyclic) bond motifs is 1. The van der Waals surface area contributed by atoms with E-state index in [0.29, 0.717) is 0 Å². The van der Waals surface area contributed by atoms with Crippen molar-refractivity contribution in [1.29, 1.82) is 0 Å². The summed E-state index contributed by atoms with van der Waals surface area (Å²) in [4.78, 5) is 15.3. The predicted octanol–water partition coefficient (Wildman–Crippen LogP) is 4.33. The summed E-state index contributed by atoms with van der Waals surface area (Å²) < 4.78 is 2.22. The number of hydrogen-bond acceptors (Lipinski definition) is 2. The number of aryl methyl sites for hydroxylation is 1. The van der Waals surface area contributed by atoms with Crippen LogP contribution in [0.15, 0.2) is 54.6 Å². The van der Waals surface area contributed by atoms with E-state index in [2.05, 4.69) is 23.6 Å². The number of carbonyl (C=O) groups is 1. The molecule has 4 nitrogen and oxygen atoms in total. The standard InChI is InChI=1S/C23H25N3O/c1-16-14-20(17(2)26(16)15-18-8-4-3-5-9-18)23(27)25-13-7-10-19-21(24)11-6-12-22(19)25/h3-6,8-9,11-12,14H,7,10,13,15,24H2,1-2H3. The van der Waals surface area contributed by atoms with Crippen LogP contribution in [0.3, 0.4) is 0 Å². The molecule has 4 rings (SSSR count). The van der Waals surface area contributed by atoms with Crippen molar-refractivity contribution in [1.82, 2.24) is 4.57 Å².